The molecule has 6 nitrogen and oxygen atoms in total. The molecule has 0 spiro atoms. The topological polar surface area (TPSA) is 80.5 Å². The maximum atomic E-state index is 13.5. The van der Waals surface area contributed by atoms with E-state index in [1.165, 1.54) is 29.4 Å². The average Bonchev–Trinajstić information content (AvgIpc) is 3.35. The van der Waals surface area contributed by atoms with E-state index < -0.39 is 27.3 Å². The highest BCUT2D eigenvalue weighted by Crippen LogP contribution is 2.30. The van der Waals surface area contributed by atoms with E-state index >= 15 is 0 Å². The number of halogens is 1. The summed E-state index contributed by atoms with van der Waals surface area (Å²) in [6.45, 7) is 0.0228. The molecule has 0 saturated carbocycles. The van der Waals surface area contributed by atoms with Crippen LogP contribution in [0.4, 0.5) is 9.52 Å². The van der Waals surface area contributed by atoms with Gasteiger partial charge in [0.05, 0.1) is 28.8 Å². The van der Waals surface area contributed by atoms with Gasteiger partial charge in [-0.15, -0.1) is 0 Å². The minimum absolute atomic E-state index is 0.0228. The van der Waals surface area contributed by atoms with Crippen LogP contribution in [0.15, 0.2) is 71.3 Å². The zero-order valence-electron chi connectivity index (χ0n) is 15.7. The molecule has 4 rings (SSSR count). The van der Waals surface area contributed by atoms with E-state index in [9.17, 15) is 17.6 Å². The zero-order valence-corrected chi connectivity index (χ0v) is 17.3. The Bertz CT molecular complexity index is 1270. The van der Waals surface area contributed by atoms with Crippen molar-refractivity contribution in [3.63, 3.8) is 0 Å². The van der Waals surface area contributed by atoms with Crippen molar-refractivity contribution in [1.82, 2.24) is 4.98 Å². The van der Waals surface area contributed by atoms with Crippen molar-refractivity contribution < 1.29 is 22.0 Å². The van der Waals surface area contributed by atoms with Gasteiger partial charge in [0.15, 0.2) is 15.0 Å². The van der Waals surface area contributed by atoms with E-state index in [1.807, 2.05) is 0 Å². The van der Waals surface area contributed by atoms with Crippen LogP contribution in [0, 0.1) is 5.82 Å². The second-order valence-electron chi connectivity index (χ2n) is 6.69. The highest BCUT2D eigenvalue weighted by molar-refractivity contribution is 7.91. The Kier molecular flexibility index (Phi) is 5.65. The van der Waals surface area contributed by atoms with Crippen molar-refractivity contribution in [2.24, 2.45) is 0 Å². The number of furan rings is 1. The zero-order chi connectivity index (χ0) is 21.1. The van der Waals surface area contributed by atoms with Crippen LogP contribution >= 0.6 is 11.3 Å². The van der Waals surface area contributed by atoms with Crippen LogP contribution in [0.2, 0.25) is 0 Å². The second kappa shape index (κ2) is 8.37. The van der Waals surface area contributed by atoms with Crippen LogP contribution in [0.1, 0.15) is 11.3 Å². The lowest BCUT2D eigenvalue weighted by Gasteiger charge is -2.18. The van der Waals surface area contributed by atoms with Gasteiger partial charge in [-0.05, 0) is 35.9 Å². The molecule has 1 amide bonds. The number of hydrogen-bond donors (Lipinski definition) is 0. The number of rotatable bonds is 7. The summed E-state index contributed by atoms with van der Waals surface area (Å²) >= 11 is 1.12. The summed E-state index contributed by atoms with van der Waals surface area (Å²) in [5, 5.41) is 0.284. The lowest BCUT2D eigenvalue weighted by Crippen LogP contribution is -2.35. The lowest BCUT2D eigenvalue weighted by molar-refractivity contribution is -0.116. The van der Waals surface area contributed by atoms with Gasteiger partial charge < -0.3 is 4.42 Å². The molecule has 0 radical (unpaired) electrons. The van der Waals surface area contributed by atoms with Crippen LogP contribution < -0.4 is 4.90 Å². The summed E-state index contributed by atoms with van der Waals surface area (Å²) in [4.78, 5) is 18.7. The van der Waals surface area contributed by atoms with Gasteiger partial charge in [-0.2, -0.15) is 0 Å². The summed E-state index contributed by atoms with van der Waals surface area (Å²) in [6.07, 6.45) is 1.47. The minimum Gasteiger partial charge on any atom is -0.467 e. The Labute approximate surface area is 176 Å². The van der Waals surface area contributed by atoms with Gasteiger partial charge in [-0.3, -0.25) is 9.69 Å². The molecule has 0 aliphatic heterocycles. The van der Waals surface area contributed by atoms with Crippen LogP contribution in [0.3, 0.4) is 0 Å². The number of amides is 1. The molecule has 2 heterocycles. The summed E-state index contributed by atoms with van der Waals surface area (Å²) in [5.74, 6) is -1.46. The fourth-order valence-electron chi connectivity index (χ4n) is 2.97. The molecule has 4 aromatic rings. The highest BCUT2D eigenvalue weighted by atomic mass is 32.2. The van der Waals surface area contributed by atoms with E-state index in [-0.39, 0.29) is 17.4 Å². The first kappa shape index (κ1) is 20.2. The fourth-order valence-corrected chi connectivity index (χ4v) is 5.31. The van der Waals surface area contributed by atoms with Crippen molar-refractivity contribution in [2.75, 3.05) is 10.7 Å². The third-order valence-electron chi connectivity index (χ3n) is 4.34. The number of sulfone groups is 1. The molecule has 0 aliphatic carbocycles. The maximum absolute atomic E-state index is 13.5. The molecule has 0 bridgehead atoms. The monoisotopic (exact) mass is 444 g/mol. The van der Waals surface area contributed by atoms with E-state index in [1.54, 1.807) is 42.5 Å². The van der Waals surface area contributed by atoms with Crippen LogP contribution in [-0.2, 0) is 26.9 Å². The van der Waals surface area contributed by atoms with E-state index in [4.69, 9.17) is 4.42 Å². The molecule has 0 atom stereocenters. The minimum atomic E-state index is -3.71. The number of thiazole rings is 1. The van der Waals surface area contributed by atoms with Gasteiger partial charge in [-0.1, -0.05) is 41.7 Å². The van der Waals surface area contributed by atoms with E-state index in [0.717, 1.165) is 11.3 Å². The summed E-state index contributed by atoms with van der Waals surface area (Å²) < 4.78 is 44.7. The van der Waals surface area contributed by atoms with Crippen molar-refractivity contribution >= 4 is 42.4 Å². The highest BCUT2D eigenvalue weighted by Gasteiger charge is 2.26. The predicted octanol–water partition coefficient (Wildman–Crippen LogP) is 4.18. The molecular formula is C21H17FN2O4S2. The van der Waals surface area contributed by atoms with Crippen molar-refractivity contribution in [1.29, 1.82) is 0 Å². The average molecular weight is 445 g/mol. The molecule has 0 unspecified atom stereocenters. The SMILES string of the molecule is O=C(CS(=O)(=O)Cc1ccccc1)N(Cc1ccco1)c1nc2ccc(F)cc2s1. The first-order chi connectivity index (χ1) is 14.4. The molecule has 0 N–H and O–H groups in total. The third-order valence-corrected chi connectivity index (χ3v) is 6.84. The number of benzene rings is 2. The summed E-state index contributed by atoms with van der Waals surface area (Å²) in [6, 6.07) is 16.2. The smallest absolute Gasteiger partial charge is 0.244 e. The lowest BCUT2D eigenvalue weighted by atomic mass is 10.2. The molecular weight excluding hydrogens is 427 g/mol. The Balaban J connectivity index is 1.62. The van der Waals surface area contributed by atoms with Gasteiger partial charge >= 0.3 is 0 Å². The number of nitrogens with zero attached hydrogens (tertiary/aromatic N) is 2. The van der Waals surface area contributed by atoms with Crippen molar-refractivity contribution in [3.05, 3.63) is 84.1 Å². The summed E-state index contributed by atoms with van der Waals surface area (Å²) in [7, 11) is -3.71. The van der Waals surface area contributed by atoms with Gasteiger partial charge in [0.25, 0.3) is 0 Å². The van der Waals surface area contributed by atoms with Crippen molar-refractivity contribution in [2.45, 2.75) is 12.3 Å². The van der Waals surface area contributed by atoms with Crippen LogP contribution in [-0.4, -0.2) is 25.1 Å². The number of fused-ring (bicyclic) bond motifs is 1. The number of aromatic nitrogens is 1. The Morgan fingerprint density at radius 1 is 1.10 bits per heavy atom. The van der Waals surface area contributed by atoms with Crippen LogP contribution in [0.5, 0.6) is 0 Å². The quantitative estimate of drug-likeness (QED) is 0.427. The number of carbonyl (C=O) groups excluding carboxylic acids is 1. The van der Waals surface area contributed by atoms with Gasteiger partial charge in [0.1, 0.15) is 17.3 Å². The molecule has 154 valence electrons. The number of anilines is 1. The van der Waals surface area contributed by atoms with Crippen LogP contribution in [0.25, 0.3) is 10.2 Å². The fraction of sp³-hybridized carbons (Fsp3) is 0.143. The first-order valence-electron chi connectivity index (χ1n) is 9.03. The first-order valence-corrected chi connectivity index (χ1v) is 11.7. The number of hydrogen-bond acceptors (Lipinski definition) is 6. The summed E-state index contributed by atoms with van der Waals surface area (Å²) in [5.41, 5.74) is 1.14. The largest absolute Gasteiger partial charge is 0.467 e. The number of carbonyl (C=O) groups is 1. The Morgan fingerprint density at radius 2 is 1.90 bits per heavy atom. The third kappa shape index (κ3) is 4.74. The Hall–Kier alpha value is -3.04. The molecule has 30 heavy (non-hydrogen) atoms. The second-order valence-corrected chi connectivity index (χ2v) is 9.76. The van der Waals surface area contributed by atoms with Crippen molar-refractivity contribution in [3.8, 4) is 0 Å². The Morgan fingerprint density at radius 3 is 2.63 bits per heavy atom. The van der Waals surface area contributed by atoms with E-state index in [0.29, 0.717) is 21.5 Å². The normalized spacial score (nSPS) is 11.6. The maximum Gasteiger partial charge on any atom is 0.244 e. The molecule has 9 heteroatoms. The molecule has 2 aromatic carbocycles. The molecule has 0 fully saturated rings. The molecule has 0 aliphatic rings. The van der Waals surface area contributed by atoms with Gasteiger partial charge in [-0.25, -0.2) is 17.8 Å². The molecule has 2 aromatic heterocycles. The van der Waals surface area contributed by atoms with Gasteiger partial charge in [0, 0.05) is 0 Å². The van der Waals surface area contributed by atoms with Gasteiger partial charge in [0.2, 0.25) is 5.91 Å². The standard InChI is InChI=1S/C21H17FN2O4S2/c22-16-8-9-18-19(11-16)29-21(23-18)24(12-17-7-4-10-28-17)20(25)14-30(26,27)13-15-5-2-1-3-6-15/h1-11H,12-14H2. The predicted molar refractivity (Wildman–Crippen MR) is 113 cm³/mol. The van der Waals surface area contributed by atoms with E-state index in [2.05, 4.69) is 4.98 Å². The molecule has 0 saturated heterocycles.